The van der Waals surface area contributed by atoms with Crippen molar-refractivity contribution < 1.29 is 9.21 Å². The summed E-state index contributed by atoms with van der Waals surface area (Å²) in [5.41, 5.74) is 0. The standard InChI is InChI=1S/C14H20N2O2/c17-14(13-4-2-10-18-13)12-3-1-9-16(12)11-5-7-15-8-6-11/h2,4,10-12,15H,1,3,5-9H2. The van der Waals surface area contributed by atoms with E-state index < -0.39 is 0 Å². The molecular weight excluding hydrogens is 228 g/mol. The Hall–Kier alpha value is -1.13. The number of carbonyl (C=O) groups excluding carboxylic acids is 1. The van der Waals surface area contributed by atoms with E-state index in [0.717, 1.165) is 45.3 Å². The molecule has 1 N–H and O–H groups in total. The molecule has 0 spiro atoms. The molecule has 1 aromatic rings. The quantitative estimate of drug-likeness (QED) is 0.827. The van der Waals surface area contributed by atoms with E-state index in [2.05, 4.69) is 10.2 Å². The lowest BCUT2D eigenvalue weighted by molar-refractivity contribution is 0.0756. The third kappa shape index (κ3) is 2.22. The Morgan fingerprint density at radius 2 is 2.17 bits per heavy atom. The van der Waals surface area contributed by atoms with Gasteiger partial charge in [-0.2, -0.15) is 0 Å². The van der Waals surface area contributed by atoms with Crippen molar-refractivity contribution in [2.75, 3.05) is 19.6 Å². The largest absolute Gasteiger partial charge is 0.461 e. The fourth-order valence-electron chi connectivity index (χ4n) is 3.23. The molecule has 2 aliphatic heterocycles. The molecule has 98 valence electrons. The van der Waals surface area contributed by atoms with E-state index in [1.165, 1.54) is 0 Å². The summed E-state index contributed by atoms with van der Waals surface area (Å²) in [6.45, 7) is 3.20. The van der Waals surface area contributed by atoms with Crippen LogP contribution < -0.4 is 5.32 Å². The van der Waals surface area contributed by atoms with Gasteiger partial charge >= 0.3 is 0 Å². The summed E-state index contributed by atoms with van der Waals surface area (Å²) in [6.07, 6.45) is 5.99. The van der Waals surface area contributed by atoms with Gasteiger partial charge in [-0.3, -0.25) is 9.69 Å². The molecule has 2 saturated heterocycles. The number of ketones is 1. The lowest BCUT2D eigenvalue weighted by atomic mass is 10.0. The minimum absolute atomic E-state index is 0.0410. The Balaban J connectivity index is 1.72. The van der Waals surface area contributed by atoms with Crippen LogP contribution >= 0.6 is 0 Å². The molecule has 0 radical (unpaired) electrons. The van der Waals surface area contributed by atoms with Crippen LogP contribution in [0.3, 0.4) is 0 Å². The molecular formula is C14H20N2O2. The fourth-order valence-corrected chi connectivity index (χ4v) is 3.23. The maximum absolute atomic E-state index is 12.4. The van der Waals surface area contributed by atoms with Gasteiger partial charge in [0.15, 0.2) is 5.76 Å². The number of hydrogen-bond donors (Lipinski definition) is 1. The van der Waals surface area contributed by atoms with Crippen LogP contribution in [-0.2, 0) is 0 Å². The van der Waals surface area contributed by atoms with Gasteiger partial charge in [-0.25, -0.2) is 0 Å². The summed E-state index contributed by atoms with van der Waals surface area (Å²) in [7, 11) is 0. The lowest BCUT2D eigenvalue weighted by Gasteiger charge is -2.34. The van der Waals surface area contributed by atoms with Gasteiger partial charge < -0.3 is 9.73 Å². The van der Waals surface area contributed by atoms with Crippen molar-refractivity contribution in [3.8, 4) is 0 Å². The van der Waals surface area contributed by atoms with E-state index in [1.54, 1.807) is 18.4 Å². The van der Waals surface area contributed by atoms with Crippen molar-refractivity contribution in [1.82, 2.24) is 10.2 Å². The highest BCUT2D eigenvalue weighted by atomic mass is 16.3. The van der Waals surface area contributed by atoms with Crippen molar-refractivity contribution in [1.29, 1.82) is 0 Å². The van der Waals surface area contributed by atoms with Crippen molar-refractivity contribution in [3.05, 3.63) is 24.2 Å². The van der Waals surface area contributed by atoms with Gasteiger partial charge in [0.2, 0.25) is 5.78 Å². The Bertz CT molecular complexity index is 396. The molecule has 0 saturated carbocycles. The van der Waals surface area contributed by atoms with Crippen LogP contribution in [0.2, 0.25) is 0 Å². The number of nitrogens with zero attached hydrogens (tertiary/aromatic N) is 1. The second-order valence-corrected chi connectivity index (χ2v) is 5.22. The molecule has 0 amide bonds. The molecule has 18 heavy (non-hydrogen) atoms. The van der Waals surface area contributed by atoms with Crippen molar-refractivity contribution in [2.24, 2.45) is 0 Å². The van der Waals surface area contributed by atoms with Crippen LogP contribution in [0.4, 0.5) is 0 Å². The normalized spacial score (nSPS) is 26.6. The molecule has 3 heterocycles. The molecule has 1 aromatic heterocycles. The molecule has 1 atom stereocenters. The van der Waals surface area contributed by atoms with Gasteiger partial charge in [0, 0.05) is 6.04 Å². The molecule has 1 unspecified atom stereocenters. The maximum atomic E-state index is 12.4. The highest BCUT2D eigenvalue weighted by molar-refractivity contribution is 5.97. The van der Waals surface area contributed by atoms with Crippen LogP contribution in [0.15, 0.2) is 22.8 Å². The highest BCUT2D eigenvalue weighted by Gasteiger charge is 2.36. The average molecular weight is 248 g/mol. The monoisotopic (exact) mass is 248 g/mol. The zero-order valence-corrected chi connectivity index (χ0v) is 10.6. The lowest BCUT2D eigenvalue weighted by Crippen LogP contribution is -2.47. The van der Waals surface area contributed by atoms with Gasteiger partial charge in [0.05, 0.1) is 12.3 Å². The molecule has 4 nitrogen and oxygen atoms in total. The summed E-state index contributed by atoms with van der Waals surface area (Å²) in [5, 5.41) is 3.38. The van der Waals surface area contributed by atoms with Gasteiger partial charge in [-0.1, -0.05) is 0 Å². The molecule has 2 fully saturated rings. The van der Waals surface area contributed by atoms with Crippen LogP contribution in [0.5, 0.6) is 0 Å². The van der Waals surface area contributed by atoms with E-state index >= 15 is 0 Å². The topological polar surface area (TPSA) is 45.5 Å². The van der Waals surface area contributed by atoms with Crippen LogP contribution in [0.1, 0.15) is 36.2 Å². The first-order valence-electron chi connectivity index (χ1n) is 6.90. The number of carbonyl (C=O) groups is 1. The molecule has 2 aliphatic rings. The van der Waals surface area contributed by atoms with E-state index in [1.807, 2.05) is 0 Å². The first-order chi connectivity index (χ1) is 8.86. The first-order valence-corrected chi connectivity index (χ1v) is 6.90. The minimum atomic E-state index is 0.0410. The maximum Gasteiger partial charge on any atom is 0.215 e. The number of Topliss-reactive ketones (excluding diaryl/α,β-unsaturated/α-hetero) is 1. The number of piperidine rings is 1. The zero-order valence-electron chi connectivity index (χ0n) is 10.6. The zero-order chi connectivity index (χ0) is 12.4. The number of likely N-dealkylation sites (tertiary alicyclic amines) is 1. The predicted octanol–water partition coefficient (Wildman–Crippen LogP) is 1.68. The second kappa shape index (κ2) is 5.24. The Morgan fingerprint density at radius 1 is 1.33 bits per heavy atom. The predicted molar refractivity (Wildman–Crippen MR) is 68.7 cm³/mol. The summed E-state index contributed by atoms with van der Waals surface area (Å²) in [6, 6.07) is 4.18. The second-order valence-electron chi connectivity index (χ2n) is 5.22. The van der Waals surface area contributed by atoms with E-state index in [4.69, 9.17) is 4.42 Å². The summed E-state index contributed by atoms with van der Waals surface area (Å²) in [4.78, 5) is 14.8. The SMILES string of the molecule is O=C(c1ccco1)C1CCCN1C1CCNCC1. The Morgan fingerprint density at radius 3 is 2.89 bits per heavy atom. The van der Waals surface area contributed by atoms with Crippen LogP contribution in [0.25, 0.3) is 0 Å². The number of nitrogens with one attached hydrogen (secondary N) is 1. The number of hydrogen-bond acceptors (Lipinski definition) is 4. The summed E-state index contributed by atoms with van der Waals surface area (Å²) >= 11 is 0. The molecule has 0 aliphatic carbocycles. The van der Waals surface area contributed by atoms with Gasteiger partial charge in [0.1, 0.15) is 0 Å². The van der Waals surface area contributed by atoms with Gasteiger partial charge in [-0.05, 0) is 57.5 Å². The number of rotatable bonds is 3. The van der Waals surface area contributed by atoms with Crippen molar-refractivity contribution in [2.45, 2.75) is 37.8 Å². The summed E-state index contributed by atoms with van der Waals surface area (Å²) in [5.74, 6) is 0.678. The fraction of sp³-hybridized carbons (Fsp3) is 0.643. The van der Waals surface area contributed by atoms with Crippen molar-refractivity contribution >= 4 is 5.78 Å². The van der Waals surface area contributed by atoms with Crippen LogP contribution in [-0.4, -0.2) is 42.4 Å². The third-order valence-electron chi connectivity index (χ3n) is 4.14. The smallest absolute Gasteiger partial charge is 0.215 e. The summed E-state index contributed by atoms with van der Waals surface area (Å²) < 4.78 is 5.25. The Kier molecular flexibility index (Phi) is 3.48. The van der Waals surface area contributed by atoms with E-state index in [9.17, 15) is 4.79 Å². The average Bonchev–Trinajstić information content (AvgIpc) is 3.10. The third-order valence-corrected chi connectivity index (χ3v) is 4.14. The minimum Gasteiger partial charge on any atom is -0.461 e. The molecule has 3 rings (SSSR count). The molecule has 4 heteroatoms. The van der Waals surface area contributed by atoms with E-state index in [0.29, 0.717) is 11.8 Å². The van der Waals surface area contributed by atoms with Gasteiger partial charge in [-0.15, -0.1) is 0 Å². The number of furan rings is 1. The highest BCUT2D eigenvalue weighted by Crippen LogP contribution is 2.26. The van der Waals surface area contributed by atoms with E-state index in [-0.39, 0.29) is 11.8 Å². The van der Waals surface area contributed by atoms with Crippen molar-refractivity contribution in [3.63, 3.8) is 0 Å². The van der Waals surface area contributed by atoms with Crippen LogP contribution in [0, 0.1) is 0 Å². The first kappa shape index (κ1) is 11.9. The molecule has 0 bridgehead atoms. The van der Waals surface area contributed by atoms with Gasteiger partial charge in [0.25, 0.3) is 0 Å². The Labute approximate surface area is 107 Å². The molecule has 0 aromatic carbocycles.